The molecule has 2 aromatic rings. The van der Waals surface area contributed by atoms with Crippen molar-refractivity contribution < 1.29 is 4.79 Å². The Balaban J connectivity index is 1.92. The number of thioether (sulfide) groups is 1. The van der Waals surface area contributed by atoms with Crippen LogP contribution in [0, 0.1) is 0 Å². The van der Waals surface area contributed by atoms with Crippen LogP contribution in [-0.2, 0) is 11.3 Å². The standard InChI is InChI=1S/C17H18ClN3O2S/c1-2-7-21-16(23)13-10-12(18)5-6-14(13)19-17(21)24-11-15(22)20-8-3-4-9-20/h2,5-6,10H,1,3-4,7-9,11H2. The van der Waals surface area contributed by atoms with E-state index in [-0.39, 0.29) is 17.2 Å². The third kappa shape index (κ3) is 3.49. The summed E-state index contributed by atoms with van der Waals surface area (Å²) in [5.41, 5.74) is 0.416. The fourth-order valence-electron chi connectivity index (χ4n) is 2.76. The molecular weight excluding hydrogens is 346 g/mol. The van der Waals surface area contributed by atoms with Crippen molar-refractivity contribution in [1.29, 1.82) is 0 Å². The number of hydrogen-bond donors (Lipinski definition) is 0. The second kappa shape index (κ2) is 7.40. The van der Waals surface area contributed by atoms with Gasteiger partial charge in [0.2, 0.25) is 5.91 Å². The molecule has 1 saturated heterocycles. The van der Waals surface area contributed by atoms with Crippen LogP contribution in [0.1, 0.15) is 12.8 Å². The highest BCUT2D eigenvalue weighted by molar-refractivity contribution is 7.99. The second-order valence-corrected chi connectivity index (χ2v) is 7.02. The number of carbonyl (C=O) groups is 1. The molecule has 7 heteroatoms. The molecule has 0 radical (unpaired) electrons. The molecule has 0 aliphatic carbocycles. The van der Waals surface area contributed by atoms with Crippen LogP contribution in [-0.4, -0.2) is 39.2 Å². The number of hydrogen-bond acceptors (Lipinski definition) is 4. The van der Waals surface area contributed by atoms with Gasteiger partial charge in [0.15, 0.2) is 5.16 Å². The summed E-state index contributed by atoms with van der Waals surface area (Å²) in [5, 5.41) is 1.50. The van der Waals surface area contributed by atoms with Gasteiger partial charge in [-0.25, -0.2) is 4.98 Å². The van der Waals surface area contributed by atoms with Crippen LogP contribution in [0.5, 0.6) is 0 Å². The van der Waals surface area contributed by atoms with E-state index in [9.17, 15) is 9.59 Å². The van der Waals surface area contributed by atoms with Crippen molar-refractivity contribution in [3.8, 4) is 0 Å². The highest BCUT2D eigenvalue weighted by atomic mass is 35.5. The number of aromatic nitrogens is 2. The topological polar surface area (TPSA) is 55.2 Å². The highest BCUT2D eigenvalue weighted by Gasteiger charge is 2.19. The van der Waals surface area contributed by atoms with Gasteiger partial charge in [0.1, 0.15) is 0 Å². The average molecular weight is 364 g/mol. The van der Waals surface area contributed by atoms with Gasteiger partial charge in [-0.1, -0.05) is 29.4 Å². The van der Waals surface area contributed by atoms with Gasteiger partial charge in [0.25, 0.3) is 5.56 Å². The SMILES string of the molecule is C=CCn1c(SCC(=O)N2CCCC2)nc2ccc(Cl)cc2c1=O. The lowest BCUT2D eigenvalue weighted by Crippen LogP contribution is -2.30. The van der Waals surface area contributed by atoms with Crippen molar-refractivity contribution in [2.24, 2.45) is 0 Å². The Labute approximate surface area is 149 Å². The van der Waals surface area contributed by atoms with Crippen molar-refractivity contribution in [1.82, 2.24) is 14.5 Å². The van der Waals surface area contributed by atoms with Gasteiger partial charge < -0.3 is 4.90 Å². The summed E-state index contributed by atoms with van der Waals surface area (Å²) in [7, 11) is 0. The van der Waals surface area contributed by atoms with Gasteiger partial charge >= 0.3 is 0 Å². The summed E-state index contributed by atoms with van der Waals surface area (Å²) in [6.45, 7) is 5.68. The molecule has 0 bridgehead atoms. The van der Waals surface area contributed by atoms with E-state index in [1.54, 1.807) is 24.3 Å². The first-order valence-electron chi connectivity index (χ1n) is 7.81. The van der Waals surface area contributed by atoms with Crippen molar-refractivity contribution in [2.75, 3.05) is 18.8 Å². The molecular formula is C17H18ClN3O2S. The van der Waals surface area contributed by atoms with Gasteiger partial charge in [0.05, 0.1) is 16.7 Å². The minimum atomic E-state index is -0.168. The van der Waals surface area contributed by atoms with Crippen molar-refractivity contribution in [2.45, 2.75) is 24.5 Å². The number of carbonyl (C=O) groups excluding carboxylic acids is 1. The Hall–Kier alpha value is -1.79. The van der Waals surface area contributed by atoms with E-state index in [0.717, 1.165) is 25.9 Å². The maximum Gasteiger partial charge on any atom is 0.262 e. The lowest BCUT2D eigenvalue weighted by atomic mass is 10.2. The summed E-state index contributed by atoms with van der Waals surface area (Å²) in [6, 6.07) is 5.05. The number of halogens is 1. The van der Waals surface area contributed by atoms with E-state index in [1.165, 1.54) is 16.3 Å². The second-order valence-electron chi connectivity index (χ2n) is 5.64. The van der Waals surface area contributed by atoms with E-state index >= 15 is 0 Å². The number of allylic oxidation sites excluding steroid dienone is 1. The molecule has 24 heavy (non-hydrogen) atoms. The number of fused-ring (bicyclic) bond motifs is 1. The molecule has 3 rings (SSSR count). The molecule has 126 valence electrons. The Morgan fingerprint density at radius 1 is 1.38 bits per heavy atom. The molecule has 0 saturated carbocycles. The summed E-state index contributed by atoms with van der Waals surface area (Å²) in [6.07, 6.45) is 3.77. The lowest BCUT2D eigenvalue weighted by molar-refractivity contribution is -0.127. The predicted octanol–water partition coefficient (Wildman–Crippen LogP) is 2.95. The molecule has 0 N–H and O–H groups in total. The third-order valence-corrected chi connectivity index (χ3v) is 5.17. The van der Waals surface area contributed by atoms with E-state index in [0.29, 0.717) is 27.6 Å². The quantitative estimate of drug-likeness (QED) is 0.465. The van der Waals surface area contributed by atoms with Gasteiger partial charge in [-0.3, -0.25) is 14.2 Å². The summed E-state index contributed by atoms with van der Waals surface area (Å²) in [5.74, 6) is 0.371. The number of benzene rings is 1. The van der Waals surface area contributed by atoms with E-state index < -0.39 is 0 Å². The molecule has 1 aromatic heterocycles. The fourth-order valence-corrected chi connectivity index (χ4v) is 3.84. The van der Waals surface area contributed by atoms with E-state index in [1.807, 2.05) is 4.90 Å². The van der Waals surface area contributed by atoms with Gasteiger partial charge in [-0.15, -0.1) is 6.58 Å². The van der Waals surface area contributed by atoms with Crippen LogP contribution in [0.25, 0.3) is 10.9 Å². The minimum absolute atomic E-state index is 0.0908. The third-order valence-electron chi connectivity index (χ3n) is 3.98. The minimum Gasteiger partial charge on any atom is -0.342 e. The van der Waals surface area contributed by atoms with Crippen LogP contribution >= 0.6 is 23.4 Å². The van der Waals surface area contributed by atoms with Crippen molar-refractivity contribution in [3.63, 3.8) is 0 Å². The van der Waals surface area contributed by atoms with Crippen LogP contribution in [0.3, 0.4) is 0 Å². The monoisotopic (exact) mass is 363 g/mol. The molecule has 1 aliphatic rings. The fraction of sp³-hybridized carbons (Fsp3) is 0.353. The molecule has 1 amide bonds. The number of rotatable bonds is 5. The Bertz CT molecular complexity index is 844. The Kier molecular flexibility index (Phi) is 5.26. The van der Waals surface area contributed by atoms with Crippen LogP contribution in [0.15, 0.2) is 40.8 Å². The number of amides is 1. The summed E-state index contributed by atoms with van der Waals surface area (Å²) >= 11 is 7.28. The first kappa shape index (κ1) is 17.0. The molecule has 2 heterocycles. The molecule has 1 aliphatic heterocycles. The lowest BCUT2D eigenvalue weighted by Gasteiger charge is -2.16. The summed E-state index contributed by atoms with van der Waals surface area (Å²) in [4.78, 5) is 31.3. The van der Waals surface area contributed by atoms with Crippen LogP contribution in [0.2, 0.25) is 5.02 Å². The molecule has 5 nitrogen and oxygen atoms in total. The van der Waals surface area contributed by atoms with Gasteiger partial charge in [0, 0.05) is 24.7 Å². The van der Waals surface area contributed by atoms with E-state index in [2.05, 4.69) is 11.6 Å². The maximum absolute atomic E-state index is 12.7. The molecule has 0 atom stereocenters. The molecule has 0 unspecified atom stereocenters. The highest BCUT2D eigenvalue weighted by Crippen LogP contribution is 2.21. The Morgan fingerprint density at radius 3 is 2.83 bits per heavy atom. The van der Waals surface area contributed by atoms with Gasteiger partial charge in [-0.2, -0.15) is 0 Å². The number of nitrogens with zero attached hydrogens (tertiary/aromatic N) is 3. The molecule has 1 fully saturated rings. The summed E-state index contributed by atoms with van der Waals surface area (Å²) < 4.78 is 1.54. The van der Waals surface area contributed by atoms with Crippen LogP contribution in [0.4, 0.5) is 0 Å². The molecule has 1 aromatic carbocycles. The Morgan fingerprint density at radius 2 is 2.12 bits per heavy atom. The van der Waals surface area contributed by atoms with Crippen molar-refractivity contribution in [3.05, 3.63) is 46.2 Å². The average Bonchev–Trinajstić information content (AvgIpc) is 3.11. The zero-order valence-corrected chi connectivity index (χ0v) is 14.8. The maximum atomic E-state index is 12.7. The first-order valence-corrected chi connectivity index (χ1v) is 9.18. The van der Waals surface area contributed by atoms with Crippen LogP contribution < -0.4 is 5.56 Å². The molecule has 0 spiro atoms. The smallest absolute Gasteiger partial charge is 0.262 e. The normalized spacial score (nSPS) is 14.3. The first-order chi connectivity index (χ1) is 11.6. The number of likely N-dealkylation sites (tertiary alicyclic amines) is 1. The van der Waals surface area contributed by atoms with Crippen molar-refractivity contribution >= 4 is 40.2 Å². The predicted molar refractivity (Wildman–Crippen MR) is 97.7 cm³/mol. The van der Waals surface area contributed by atoms with Gasteiger partial charge in [-0.05, 0) is 31.0 Å². The zero-order chi connectivity index (χ0) is 17.1. The largest absolute Gasteiger partial charge is 0.342 e. The zero-order valence-electron chi connectivity index (χ0n) is 13.2. The van der Waals surface area contributed by atoms with E-state index in [4.69, 9.17) is 11.6 Å².